The SMILES string of the molecule is O=C1/C(=N\N(C(=O)c2ccccc2)c2ccccc2)c2cccc3cccc1c23. The second-order valence-corrected chi connectivity index (χ2v) is 6.81. The fraction of sp³-hybridized carbons (Fsp3) is 0. The van der Waals surface area contributed by atoms with Crippen molar-refractivity contribution in [1.29, 1.82) is 0 Å². The predicted octanol–water partition coefficient (Wildman–Crippen LogP) is 5.09. The third-order valence-corrected chi connectivity index (χ3v) is 5.03. The average Bonchev–Trinajstić information content (AvgIpc) is 3.06. The number of hydrazone groups is 1. The van der Waals surface area contributed by atoms with E-state index in [9.17, 15) is 9.59 Å². The van der Waals surface area contributed by atoms with Gasteiger partial charge in [0, 0.05) is 22.1 Å². The molecule has 0 aliphatic heterocycles. The molecule has 4 heteroatoms. The van der Waals surface area contributed by atoms with Crippen molar-refractivity contribution in [2.75, 3.05) is 5.01 Å². The summed E-state index contributed by atoms with van der Waals surface area (Å²) < 4.78 is 0. The van der Waals surface area contributed by atoms with Crippen molar-refractivity contribution in [2.45, 2.75) is 0 Å². The summed E-state index contributed by atoms with van der Waals surface area (Å²) in [6.07, 6.45) is 0. The van der Waals surface area contributed by atoms with Crippen LogP contribution in [0.3, 0.4) is 0 Å². The van der Waals surface area contributed by atoms with Crippen molar-refractivity contribution in [2.24, 2.45) is 5.10 Å². The quantitative estimate of drug-likeness (QED) is 0.468. The topological polar surface area (TPSA) is 49.7 Å². The molecule has 1 aliphatic carbocycles. The lowest BCUT2D eigenvalue weighted by Gasteiger charge is -2.18. The van der Waals surface area contributed by atoms with Gasteiger partial charge in [0.2, 0.25) is 5.78 Å². The number of Topliss-reactive ketones (excluding diaryl/α,β-unsaturated/α-hetero) is 1. The molecule has 0 radical (unpaired) electrons. The summed E-state index contributed by atoms with van der Waals surface area (Å²) in [4.78, 5) is 26.4. The molecule has 1 amide bonds. The van der Waals surface area contributed by atoms with Crippen LogP contribution < -0.4 is 5.01 Å². The van der Waals surface area contributed by atoms with Gasteiger partial charge in [-0.15, -0.1) is 0 Å². The third-order valence-electron chi connectivity index (χ3n) is 5.03. The lowest BCUT2D eigenvalue weighted by Crippen LogP contribution is -2.28. The van der Waals surface area contributed by atoms with Crippen LogP contribution >= 0.6 is 0 Å². The van der Waals surface area contributed by atoms with Crippen LogP contribution in [0.4, 0.5) is 5.69 Å². The van der Waals surface area contributed by atoms with Gasteiger partial charge < -0.3 is 0 Å². The maximum atomic E-state index is 13.3. The minimum Gasteiger partial charge on any atom is -0.287 e. The van der Waals surface area contributed by atoms with Gasteiger partial charge in [0.1, 0.15) is 5.71 Å². The van der Waals surface area contributed by atoms with Crippen LogP contribution in [0.2, 0.25) is 0 Å². The maximum Gasteiger partial charge on any atom is 0.278 e. The second-order valence-electron chi connectivity index (χ2n) is 6.81. The van der Waals surface area contributed by atoms with Gasteiger partial charge in [0.15, 0.2) is 0 Å². The number of hydrogen-bond acceptors (Lipinski definition) is 3. The highest BCUT2D eigenvalue weighted by molar-refractivity contribution is 6.59. The normalized spacial score (nSPS) is 13.8. The second kappa shape index (κ2) is 6.84. The van der Waals surface area contributed by atoms with Crippen molar-refractivity contribution in [3.63, 3.8) is 0 Å². The summed E-state index contributed by atoms with van der Waals surface area (Å²) in [6.45, 7) is 0. The van der Waals surface area contributed by atoms with E-state index in [1.807, 2.05) is 60.7 Å². The molecule has 0 unspecified atom stereocenters. The Hall–Kier alpha value is -4.05. The number of hydrogen-bond donors (Lipinski definition) is 0. The summed E-state index contributed by atoms with van der Waals surface area (Å²) in [5, 5.41) is 7.78. The number of rotatable bonds is 3. The van der Waals surface area contributed by atoms with Gasteiger partial charge in [-0.3, -0.25) is 9.59 Å². The van der Waals surface area contributed by atoms with Gasteiger partial charge in [-0.25, -0.2) is 0 Å². The monoisotopic (exact) mass is 376 g/mol. The summed E-state index contributed by atoms with van der Waals surface area (Å²) in [7, 11) is 0. The minimum atomic E-state index is -0.291. The summed E-state index contributed by atoms with van der Waals surface area (Å²) in [6, 6.07) is 29.5. The Balaban J connectivity index is 1.69. The number of para-hydroxylation sites is 1. The summed E-state index contributed by atoms with van der Waals surface area (Å²) in [5.41, 5.74) is 2.76. The van der Waals surface area contributed by atoms with Crippen LogP contribution in [0.1, 0.15) is 26.3 Å². The molecule has 0 aromatic heterocycles. The zero-order valence-electron chi connectivity index (χ0n) is 15.4. The van der Waals surface area contributed by atoms with Gasteiger partial charge >= 0.3 is 0 Å². The van der Waals surface area contributed by atoms with E-state index in [-0.39, 0.29) is 17.4 Å². The fourth-order valence-electron chi connectivity index (χ4n) is 3.67. The first kappa shape index (κ1) is 17.1. The number of ketones is 1. The highest BCUT2D eigenvalue weighted by Crippen LogP contribution is 2.32. The fourth-order valence-corrected chi connectivity index (χ4v) is 3.67. The van der Waals surface area contributed by atoms with E-state index in [4.69, 9.17) is 0 Å². The Morgan fingerprint density at radius 1 is 0.690 bits per heavy atom. The molecule has 0 N–H and O–H groups in total. The molecule has 0 saturated carbocycles. The Bertz CT molecular complexity index is 1270. The van der Waals surface area contributed by atoms with E-state index in [2.05, 4.69) is 5.10 Å². The van der Waals surface area contributed by atoms with Crippen molar-refractivity contribution >= 4 is 33.9 Å². The lowest BCUT2D eigenvalue weighted by molar-refractivity contribution is 0.0987. The highest BCUT2D eigenvalue weighted by Gasteiger charge is 2.30. The van der Waals surface area contributed by atoms with E-state index < -0.39 is 0 Å². The number of carbonyl (C=O) groups is 2. The van der Waals surface area contributed by atoms with Crippen molar-refractivity contribution in [1.82, 2.24) is 0 Å². The zero-order valence-corrected chi connectivity index (χ0v) is 15.4. The third kappa shape index (κ3) is 2.82. The zero-order chi connectivity index (χ0) is 19.8. The smallest absolute Gasteiger partial charge is 0.278 e. The molecular formula is C25H16N2O2. The van der Waals surface area contributed by atoms with Crippen LogP contribution in [-0.4, -0.2) is 17.4 Å². The first-order chi connectivity index (χ1) is 14.2. The van der Waals surface area contributed by atoms with Crippen LogP contribution in [0.5, 0.6) is 0 Å². The first-order valence-electron chi connectivity index (χ1n) is 9.34. The molecule has 0 saturated heterocycles. The number of carbonyl (C=O) groups excluding carboxylic acids is 2. The number of anilines is 1. The molecular weight excluding hydrogens is 360 g/mol. The molecule has 0 atom stereocenters. The predicted molar refractivity (Wildman–Crippen MR) is 115 cm³/mol. The van der Waals surface area contributed by atoms with Crippen LogP contribution in [0.25, 0.3) is 10.8 Å². The molecule has 4 nitrogen and oxygen atoms in total. The lowest BCUT2D eigenvalue weighted by atomic mass is 10.1. The van der Waals surface area contributed by atoms with Crippen molar-refractivity contribution in [3.05, 3.63) is 114 Å². The van der Waals surface area contributed by atoms with Crippen molar-refractivity contribution in [3.8, 4) is 0 Å². The molecule has 138 valence electrons. The van der Waals surface area contributed by atoms with E-state index in [0.29, 0.717) is 16.8 Å². The number of nitrogens with zero attached hydrogens (tertiary/aromatic N) is 2. The number of benzene rings is 4. The van der Waals surface area contributed by atoms with Gasteiger partial charge in [-0.2, -0.15) is 10.1 Å². The first-order valence-corrected chi connectivity index (χ1v) is 9.34. The molecule has 0 heterocycles. The van der Waals surface area contributed by atoms with E-state index in [0.717, 1.165) is 16.3 Å². The molecule has 4 aromatic rings. The molecule has 0 bridgehead atoms. The minimum absolute atomic E-state index is 0.168. The Kier molecular flexibility index (Phi) is 4.03. The molecule has 5 rings (SSSR count). The van der Waals surface area contributed by atoms with E-state index in [1.54, 1.807) is 36.4 Å². The Morgan fingerprint density at radius 3 is 2.00 bits per heavy atom. The van der Waals surface area contributed by atoms with Crippen LogP contribution in [-0.2, 0) is 0 Å². The average molecular weight is 376 g/mol. The van der Waals surface area contributed by atoms with E-state index in [1.165, 1.54) is 5.01 Å². The highest BCUT2D eigenvalue weighted by atomic mass is 16.2. The summed E-state index contributed by atoms with van der Waals surface area (Å²) in [5.74, 6) is -0.459. The van der Waals surface area contributed by atoms with Gasteiger partial charge in [0.05, 0.1) is 5.69 Å². The molecule has 0 fully saturated rings. The molecule has 0 spiro atoms. The van der Waals surface area contributed by atoms with Crippen LogP contribution in [0.15, 0.2) is 102 Å². The number of amides is 1. The van der Waals surface area contributed by atoms with Crippen LogP contribution in [0, 0.1) is 0 Å². The molecule has 1 aliphatic rings. The largest absolute Gasteiger partial charge is 0.287 e. The standard InChI is InChI=1S/C25H16N2O2/c28-24-21-16-8-12-17-11-7-15-20(22(17)21)23(24)26-27(19-13-5-2-6-14-19)25(29)18-9-3-1-4-10-18/h1-16H/b26-23-. The molecule has 4 aromatic carbocycles. The van der Waals surface area contributed by atoms with Gasteiger partial charge in [0.25, 0.3) is 5.91 Å². The Labute approximate surface area is 167 Å². The van der Waals surface area contributed by atoms with Gasteiger partial charge in [-0.05, 0) is 29.7 Å². The van der Waals surface area contributed by atoms with E-state index >= 15 is 0 Å². The summed E-state index contributed by atoms with van der Waals surface area (Å²) >= 11 is 0. The van der Waals surface area contributed by atoms with Crippen molar-refractivity contribution < 1.29 is 9.59 Å². The Morgan fingerprint density at radius 2 is 1.31 bits per heavy atom. The van der Waals surface area contributed by atoms with Gasteiger partial charge in [-0.1, -0.05) is 72.8 Å². The molecule has 29 heavy (non-hydrogen) atoms. The maximum absolute atomic E-state index is 13.3.